The van der Waals surface area contributed by atoms with E-state index in [1.807, 2.05) is 0 Å². The molecule has 1 saturated heterocycles. The van der Waals surface area contributed by atoms with Gasteiger partial charge in [0.05, 0.1) is 12.7 Å². The minimum atomic E-state index is -2.03. The second-order valence-corrected chi connectivity index (χ2v) is 5.26. The highest BCUT2D eigenvalue weighted by Crippen LogP contribution is 2.31. The van der Waals surface area contributed by atoms with Gasteiger partial charge in [-0.3, -0.25) is 0 Å². The largest absolute Gasteiger partial charge is 0.393 e. The van der Waals surface area contributed by atoms with E-state index in [4.69, 9.17) is 9.47 Å². The quantitative estimate of drug-likeness (QED) is 0.874. The average Bonchev–Trinajstić information content (AvgIpc) is 2.50. The van der Waals surface area contributed by atoms with E-state index < -0.39 is 36.2 Å². The van der Waals surface area contributed by atoms with Crippen molar-refractivity contribution in [3.63, 3.8) is 0 Å². The molecule has 1 unspecified atom stereocenters. The molecule has 0 saturated carbocycles. The van der Waals surface area contributed by atoms with Gasteiger partial charge in [-0.2, -0.15) is 0 Å². The van der Waals surface area contributed by atoms with Crippen LogP contribution in [0.5, 0.6) is 0 Å². The molecule has 21 heavy (non-hydrogen) atoms. The minimum Gasteiger partial charge on any atom is -0.393 e. The van der Waals surface area contributed by atoms with E-state index in [1.54, 1.807) is 0 Å². The first-order valence-corrected chi connectivity index (χ1v) is 7.04. The Balaban J connectivity index is 2.20. The lowest BCUT2D eigenvalue weighted by atomic mass is 9.89. The number of benzene rings is 1. The first-order valence-electron chi connectivity index (χ1n) is 7.04. The van der Waals surface area contributed by atoms with Crippen LogP contribution in [0, 0.1) is 11.6 Å². The summed E-state index contributed by atoms with van der Waals surface area (Å²) < 4.78 is 38.2. The standard InChI is InChI=1S/C15H20F2O4/c1-10(21-13-7-2-3-8-20-13)15(19,9-18)11-5-4-6-12(16)14(11)17/h4-6,10,13,18-19H,2-3,7-9H2,1H3/t10-,13?,15-/m1/s1. The first kappa shape index (κ1) is 16.3. The summed E-state index contributed by atoms with van der Waals surface area (Å²) in [6.45, 7) is 1.27. The van der Waals surface area contributed by atoms with Crippen LogP contribution >= 0.6 is 0 Å². The Bertz CT molecular complexity index is 477. The fraction of sp³-hybridized carbons (Fsp3) is 0.600. The van der Waals surface area contributed by atoms with Crippen LogP contribution in [0.2, 0.25) is 0 Å². The molecule has 0 bridgehead atoms. The minimum absolute atomic E-state index is 0.326. The normalized spacial score (nSPS) is 23.6. The zero-order valence-electron chi connectivity index (χ0n) is 11.9. The van der Waals surface area contributed by atoms with Gasteiger partial charge in [0.2, 0.25) is 0 Å². The smallest absolute Gasteiger partial charge is 0.165 e. The Morgan fingerprint density at radius 3 is 2.81 bits per heavy atom. The topological polar surface area (TPSA) is 58.9 Å². The molecule has 1 aromatic carbocycles. The fourth-order valence-corrected chi connectivity index (χ4v) is 2.43. The Kier molecular flexibility index (Phi) is 5.27. The van der Waals surface area contributed by atoms with Gasteiger partial charge < -0.3 is 19.7 Å². The van der Waals surface area contributed by atoms with E-state index in [9.17, 15) is 19.0 Å². The summed E-state index contributed by atoms with van der Waals surface area (Å²) in [5.74, 6) is -2.27. The van der Waals surface area contributed by atoms with Gasteiger partial charge in [0.1, 0.15) is 5.60 Å². The molecule has 6 heteroatoms. The zero-order chi connectivity index (χ0) is 15.5. The summed E-state index contributed by atoms with van der Waals surface area (Å²) in [6.07, 6.45) is 1.07. The zero-order valence-corrected chi connectivity index (χ0v) is 11.9. The summed E-state index contributed by atoms with van der Waals surface area (Å²) in [5, 5.41) is 20.1. The van der Waals surface area contributed by atoms with Crippen molar-refractivity contribution >= 4 is 0 Å². The Morgan fingerprint density at radius 1 is 1.43 bits per heavy atom. The van der Waals surface area contributed by atoms with E-state index in [2.05, 4.69) is 0 Å². The van der Waals surface area contributed by atoms with Crippen LogP contribution in [-0.2, 0) is 15.1 Å². The molecule has 4 nitrogen and oxygen atoms in total. The second kappa shape index (κ2) is 6.79. The molecule has 3 atom stereocenters. The molecule has 2 rings (SSSR count). The van der Waals surface area contributed by atoms with E-state index in [0.717, 1.165) is 18.9 Å². The van der Waals surface area contributed by atoms with Gasteiger partial charge in [0, 0.05) is 12.2 Å². The van der Waals surface area contributed by atoms with Crippen molar-refractivity contribution in [3.05, 3.63) is 35.4 Å². The summed E-state index contributed by atoms with van der Waals surface area (Å²) in [5.41, 5.74) is -2.36. The highest BCUT2D eigenvalue weighted by Gasteiger charge is 2.40. The van der Waals surface area contributed by atoms with Gasteiger partial charge in [-0.1, -0.05) is 12.1 Å². The van der Waals surface area contributed by atoms with Crippen LogP contribution in [-0.4, -0.2) is 35.8 Å². The van der Waals surface area contributed by atoms with Crippen molar-refractivity contribution in [3.8, 4) is 0 Å². The number of rotatable bonds is 5. The van der Waals surface area contributed by atoms with Crippen molar-refractivity contribution in [2.24, 2.45) is 0 Å². The predicted octanol–water partition coefficient (Wildman–Crippen LogP) is 2.08. The molecule has 0 aliphatic carbocycles. The van der Waals surface area contributed by atoms with Gasteiger partial charge >= 0.3 is 0 Å². The number of ether oxygens (including phenoxy) is 2. The average molecular weight is 302 g/mol. The summed E-state index contributed by atoms with van der Waals surface area (Å²) in [4.78, 5) is 0. The first-order chi connectivity index (χ1) is 9.99. The molecule has 118 valence electrons. The third kappa shape index (κ3) is 3.40. The number of hydrogen-bond donors (Lipinski definition) is 2. The molecule has 1 aliphatic heterocycles. The van der Waals surface area contributed by atoms with Crippen molar-refractivity contribution in [1.82, 2.24) is 0 Å². The lowest BCUT2D eigenvalue weighted by molar-refractivity contribution is -0.232. The molecule has 1 fully saturated rings. The molecule has 1 heterocycles. The van der Waals surface area contributed by atoms with Crippen LogP contribution < -0.4 is 0 Å². The van der Waals surface area contributed by atoms with Gasteiger partial charge in [0.15, 0.2) is 17.9 Å². The fourth-order valence-electron chi connectivity index (χ4n) is 2.43. The molecule has 0 spiro atoms. The molecular weight excluding hydrogens is 282 g/mol. The summed E-state index contributed by atoms with van der Waals surface area (Å²) >= 11 is 0. The maximum Gasteiger partial charge on any atom is 0.165 e. The molecule has 1 aliphatic rings. The second-order valence-electron chi connectivity index (χ2n) is 5.26. The van der Waals surface area contributed by atoms with Crippen molar-refractivity contribution in [2.75, 3.05) is 13.2 Å². The summed E-state index contributed by atoms with van der Waals surface area (Å²) in [7, 11) is 0. The van der Waals surface area contributed by atoms with Gasteiger partial charge in [-0.25, -0.2) is 8.78 Å². The van der Waals surface area contributed by atoms with Gasteiger partial charge in [-0.15, -0.1) is 0 Å². The van der Waals surface area contributed by atoms with Crippen LogP contribution in [0.15, 0.2) is 18.2 Å². The molecular formula is C15H20F2O4. The Labute approximate surface area is 122 Å². The highest BCUT2D eigenvalue weighted by molar-refractivity contribution is 5.27. The lowest BCUT2D eigenvalue weighted by Crippen LogP contribution is -2.46. The Hall–Kier alpha value is -1.08. The van der Waals surface area contributed by atoms with E-state index in [-0.39, 0.29) is 5.56 Å². The Morgan fingerprint density at radius 2 is 2.19 bits per heavy atom. The van der Waals surface area contributed by atoms with E-state index in [0.29, 0.717) is 13.0 Å². The number of halogens is 2. The van der Waals surface area contributed by atoms with E-state index in [1.165, 1.54) is 19.1 Å². The third-order valence-electron chi connectivity index (χ3n) is 3.83. The van der Waals surface area contributed by atoms with Crippen LogP contribution in [0.4, 0.5) is 8.78 Å². The maximum atomic E-state index is 13.9. The van der Waals surface area contributed by atoms with Gasteiger partial charge in [-0.05, 0) is 32.3 Å². The van der Waals surface area contributed by atoms with Crippen LogP contribution in [0.3, 0.4) is 0 Å². The number of aliphatic hydroxyl groups is 2. The number of aliphatic hydroxyl groups excluding tert-OH is 1. The monoisotopic (exact) mass is 302 g/mol. The SMILES string of the molecule is C[C@@H](OC1CCCCO1)[C@](O)(CO)c1cccc(F)c1F. The number of hydrogen-bond acceptors (Lipinski definition) is 4. The predicted molar refractivity (Wildman–Crippen MR) is 71.5 cm³/mol. The summed E-state index contributed by atoms with van der Waals surface area (Å²) in [6, 6.07) is 3.46. The van der Waals surface area contributed by atoms with Crippen LogP contribution in [0.25, 0.3) is 0 Å². The maximum absolute atomic E-state index is 13.9. The van der Waals surface area contributed by atoms with Crippen LogP contribution in [0.1, 0.15) is 31.7 Å². The molecule has 0 radical (unpaired) electrons. The lowest BCUT2D eigenvalue weighted by Gasteiger charge is -2.36. The van der Waals surface area contributed by atoms with Gasteiger partial charge in [0.25, 0.3) is 0 Å². The highest BCUT2D eigenvalue weighted by atomic mass is 19.2. The molecule has 0 aromatic heterocycles. The van der Waals surface area contributed by atoms with Crippen molar-refractivity contribution in [1.29, 1.82) is 0 Å². The van der Waals surface area contributed by atoms with Crippen molar-refractivity contribution in [2.45, 2.75) is 44.2 Å². The molecule has 2 N–H and O–H groups in total. The molecule has 1 aromatic rings. The molecule has 0 amide bonds. The third-order valence-corrected chi connectivity index (χ3v) is 3.83. The van der Waals surface area contributed by atoms with E-state index >= 15 is 0 Å². The van der Waals surface area contributed by atoms with Crippen molar-refractivity contribution < 1.29 is 28.5 Å².